The quantitative estimate of drug-likeness (QED) is 0.873. The number of aryl methyl sites for hydroxylation is 2. The third-order valence-corrected chi connectivity index (χ3v) is 4.31. The summed E-state index contributed by atoms with van der Waals surface area (Å²) in [7, 11) is 0. The molecule has 0 fully saturated rings. The highest BCUT2D eigenvalue weighted by molar-refractivity contribution is 6.00. The second-order valence-electron chi connectivity index (χ2n) is 5.98. The summed E-state index contributed by atoms with van der Waals surface area (Å²) in [4.78, 5) is 22.7. The Morgan fingerprint density at radius 3 is 2.78 bits per heavy atom. The zero-order chi connectivity index (χ0) is 16.2. The molecule has 2 aliphatic rings. The van der Waals surface area contributed by atoms with Crippen LogP contribution in [0.4, 0.5) is 0 Å². The van der Waals surface area contributed by atoms with Gasteiger partial charge in [0.15, 0.2) is 12.4 Å². The Hall–Kier alpha value is -2.36. The molecule has 1 N–H and O–H groups in total. The van der Waals surface area contributed by atoms with Gasteiger partial charge in [0.25, 0.3) is 0 Å². The fraction of sp³-hybridized carbons (Fsp3) is 0.368. The number of ketones is 1. The van der Waals surface area contributed by atoms with Crippen molar-refractivity contribution in [3.8, 4) is 5.75 Å². The maximum absolute atomic E-state index is 11.9. The van der Waals surface area contributed by atoms with Gasteiger partial charge in [-0.1, -0.05) is 29.9 Å². The third kappa shape index (κ3) is 3.70. The minimum atomic E-state index is -1.01. The Kier molecular flexibility index (Phi) is 4.60. The molecule has 120 valence electrons. The molecular formula is C19H20O4. The van der Waals surface area contributed by atoms with E-state index in [-0.39, 0.29) is 12.4 Å². The first-order valence-corrected chi connectivity index (χ1v) is 8.02. The highest BCUT2D eigenvalue weighted by Crippen LogP contribution is 2.31. The number of carboxylic acids is 1. The first-order valence-electron chi connectivity index (χ1n) is 8.02. The molecule has 0 aromatic heterocycles. The van der Waals surface area contributed by atoms with E-state index in [0.717, 1.165) is 43.2 Å². The molecule has 0 atom stereocenters. The van der Waals surface area contributed by atoms with Gasteiger partial charge in [-0.15, -0.1) is 0 Å². The lowest BCUT2D eigenvalue weighted by atomic mass is 9.97. The molecule has 0 aliphatic heterocycles. The first kappa shape index (κ1) is 15.5. The van der Waals surface area contributed by atoms with Crippen molar-refractivity contribution in [1.82, 2.24) is 0 Å². The molecule has 0 saturated heterocycles. The van der Waals surface area contributed by atoms with Crippen LogP contribution in [0.15, 0.2) is 35.9 Å². The summed E-state index contributed by atoms with van der Waals surface area (Å²) in [5.41, 5.74) is 4.03. The Labute approximate surface area is 135 Å². The molecule has 0 heterocycles. The van der Waals surface area contributed by atoms with E-state index in [1.807, 2.05) is 6.07 Å². The zero-order valence-electron chi connectivity index (χ0n) is 13.0. The molecule has 0 bridgehead atoms. The molecule has 23 heavy (non-hydrogen) atoms. The van der Waals surface area contributed by atoms with E-state index < -0.39 is 5.97 Å². The third-order valence-electron chi connectivity index (χ3n) is 4.31. The summed E-state index contributed by atoms with van der Waals surface area (Å²) in [6, 6.07) is 3.75. The largest absolute Gasteiger partial charge is 0.482 e. The molecular weight excluding hydrogens is 292 g/mol. The second-order valence-corrected chi connectivity index (χ2v) is 5.98. The number of Topliss-reactive ketones (excluding diaryl/α,β-unsaturated/α-hetero) is 1. The molecule has 0 saturated carbocycles. The topological polar surface area (TPSA) is 63.6 Å². The SMILES string of the molecule is O=C(O)COc1cc2c(cc1CCC1=CCCC=C1)CCC2=O. The number of carboxylic acid groups (broad SMARTS) is 1. The molecule has 0 spiro atoms. The standard InChI is InChI=1S/C19H20O4/c20-17-9-8-14-10-15(7-6-13-4-2-1-3-5-13)18(11-16(14)17)23-12-19(21)22/h2,4-5,10-11H,1,3,6-9,12H2,(H,21,22). The first-order chi connectivity index (χ1) is 11.1. The number of benzene rings is 1. The van der Waals surface area contributed by atoms with Crippen LogP contribution < -0.4 is 4.74 Å². The number of ether oxygens (including phenoxy) is 1. The number of carbonyl (C=O) groups excluding carboxylic acids is 1. The fourth-order valence-electron chi connectivity index (χ4n) is 3.13. The van der Waals surface area contributed by atoms with Gasteiger partial charge in [-0.25, -0.2) is 4.79 Å². The summed E-state index contributed by atoms with van der Waals surface area (Å²) in [5, 5.41) is 8.83. The number of fused-ring (bicyclic) bond motifs is 1. The minimum absolute atomic E-state index is 0.115. The molecule has 2 aliphatic carbocycles. The van der Waals surface area contributed by atoms with Gasteiger partial charge in [0, 0.05) is 12.0 Å². The Morgan fingerprint density at radius 2 is 2.04 bits per heavy atom. The van der Waals surface area contributed by atoms with Gasteiger partial charge in [-0.3, -0.25) is 4.79 Å². The van der Waals surface area contributed by atoms with Crippen molar-refractivity contribution in [1.29, 1.82) is 0 Å². The van der Waals surface area contributed by atoms with Crippen LogP contribution in [0.1, 0.15) is 47.2 Å². The normalized spacial score (nSPS) is 16.2. The molecule has 1 aromatic carbocycles. The number of hydrogen-bond acceptors (Lipinski definition) is 3. The van der Waals surface area contributed by atoms with Crippen molar-refractivity contribution in [3.05, 3.63) is 52.6 Å². The lowest BCUT2D eigenvalue weighted by Crippen LogP contribution is -2.11. The highest BCUT2D eigenvalue weighted by atomic mass is 16.5. The summed E-state index contributed by atoms with van der Waals surface area (Å²) in [5.74, 6) is -0.368. The van der Waals surface area contributed by atoms with Crippen molar-refractivity contribution >= 4 is 11.8 Å². The van der Waals surface area contributed by atoms with Gasteiger partial charge in [-0.2, -0.15) is 0 Å². The van der Waals surface area contributed by atoms with E-state index in [1.165, 1.54) is 5.57 Å². The number of hydrogen-bond donors (Lipinski definition) is 1. The van der Waals surface area contributed by atoms with Crippen LogP contribution in [0.2, 0.25) is 0 Å². The van der Waals surface area contributed by atoms with Crippen molar-refractivity contribution in [3.63, 3.8) is 0 Å². The van der Waals surface area contributed by atoms with E-state index >= 15 is 0 Å². The predicted octanol–water partition coefficient (Wildman–Crippen LogP) is 3.49. The molecule has 4 nitrogen and oxygen atoms in total. The van der Waals surface area contributed by atoms with Crippen LogP contribution in [0.3, 0.4) is 0 Å². The number of allylic oxidation sites excluding steroid dienone is 4. The maximum atomic E-state index is 11.9. The Bertz CT molecular complexity index is 698. The van der Waals surface area contributed by atoms with Crippen LogP contribution in [0.25, 0.3) is 0 Å². The Morgan fingerprint density at radius 1 is 1.17 bits per heavy atom. The predicted molar refractivity (Wildman–Crippen MR) is 87.0 cm³/mol. The average Bonchev–Trinajstić information content (AvgIpc) is 2.92. The lowest BCUT2D eigenvalue weighted by Gasteiger charge is -2.14. The van der Waals surface area contributed by atoms with Gasteiger partial charge >= 0.3 is 5.97 Å². The van der Waals surface area contributed by atoms with E-state index in [0.29, 0.717) is 17.7 Å². The van der Waals surface area contributed by atoms with Gasteiger partial charge < -0.3 is 9.84 Å². The number of aliphatic carboxylic acids is 1. The van der Waals surface area contributed by atoms with Crippen LogP contribution in [0, 0.1) is 0 Å². The molecule has 0 unspecified atom stereocenters. The van der Waals surface area contributed by atoms with Gasteiger partial charge in [0.1, 0.15) is 5.75 Å². The van der Waals surface area contributed by atoms with Crippen molar-refractivity contribution in [2.24, 2.45) is 0 Å². The summed E-state index contributed by atoms with van der Waals surface area (Å²) < 4.78 is 5.42. The summed E-state index contributed by atoms with van der Waals surface area (Å²) in [6.45, 7) is -0.386. The number of rotatable bonds is 6. The van der Waals surface area contributed by atoms with Crippen molar-refractivity contribution in [2.75, 3.05) is 6.61 Å². The Balaban J connectivity index is 1.81. The lowest BCUT2D eigenvalue weighted by molar-refractivity contribution is -0.139. The van der Waals surface area contributed by atoms with Gasteiger partial charge in [0.05, 0.1) is 0 Å². The van der Waals surface area contributed by atoms with Crippen LogP contribution >= 0.6 is 0 Å². The van der Waals surface area contributed by atoms with E-state index in [4.69, 9.17) is 9.84 Å². The average molecular weight is 312 g/mol. The minimum Gasteiger partial charge on any atom is -0.482 e. The molecule has 4 heteroatoms. The van der Waals surface area contributed by atoms with Crippen molar-refractivity contribution < 1.29 is 19.4 Å². The van der Waals surface area contributed by atoms with Gasteiger partial charge in [-0.05, 0) is 49.3 Å². The van der Waals surface area contributed by atoms with E-state index in [9.17, 15) is 9.59 Å². The molecule has 0 amide bonds. The number of carbonyl (C=O) groups is 2. The van der Waals surface area contributed by atoms with Crippen LogP contribution in [0.5, 0.6) is 5.75 Å². The second kappa shape index (κ2) is 6.82. The smallest absolute Gasteiger partial charge is 0.341 e. The van der Waals surface area contributed by atoms with Crippen LogP contribution in [-0.2, 0) is 17.6 Å². The van der Waals surface area contributed by atoms with Crippen LogP contribution in [-0.4, -0.2) is 23.5 Å². The van der Waals surface area contributed by atoms with E-state index in [1.54, 1.807) is 6.07 Å². The zero-order valence-corrected chi connectivity index (χ0v) is 13.0. The molecule has 1 aromatic rings. The molecule has 3 rings (SSSR count). The fourth-order valence-corrected chi connectivity index (χ4v) is 3.13. The highest BCUT2D eigenvalue weighted by Gasteiger charge is 2.22. The maximum Gasteiger partial charge on any atom is 0.341 e. The summed E-state index contributed by atoms with van der Waals surface area (Å²) in [6.07, 6.45) is 11.7. The van der Waals surface area contributed by atoms with E-state index in [2.05, 4.69) is 18.2 Å². The van der Waals surface area contributed by atoms with Crippen molar-refractivity contribution in [2.45, 2.75) is 38.5 Å². The van der Waals surface area contributed by atoms with Gasteiger partial charge in [0.2, 0.25) is 0 Å². The summed E-state index contributed by atoms with van der Waals surface area (Å²) >= 11 is 0. The molecule has 0 radical (unpaired) electrons. The monoisotopic (exact) mass is 312 g/mol.